The summed E-state index contributed by atoms with van der Waals surface area (Å²) in [7, 11) is -7.80. The molecule has 2 N–H and O–H groups in total. The van der Waals surface area contributed by atoms with Crippen LogP contribution in [-0.2, 0) is 20.0 Å². The summed E-state index contributed by atoms with van der Waals surface area (Å²) >= 11 is 0. The van der Waals surface area contributed by atoms with Gasteiger partial charge >= 0.3 is 0 Å². The molecule has 160 valence electrons. The van der Waals surface area contributed by atoms with Crippen molar-refractivity contribution in [3.05, 3.63) is 48.3 Å². The lowest BCUT2D eigenvalue weighted by Crippen LogP contribution is -2.30. The van der Waals surface area contributed by atoms with Crippen LogP contribution in [0.3, 0.4) is 0 Å². The maximum absolute atomic E-state index is 13.1. The molecule has 10 heteroatoms. The van der Waals surface area contributed by atoms with Crippen LogP contribution < -0.4 is 10.0 Å². The molecule has 0 amide bonds. The van der Waals surface area contributed by atoms with E-state index in [4.69, 9.17) is 0 Å². The minimum Gasteiger partial charge on any atom is -0.383 e. The summed E-state index contributed by atoms with van der Waals surface area (Å²) in [5, 5.41) is 3.09. The lowest BCUT2D eigenvalue weighted by atomic mass is 10.2. The first kappa shape index (κ1) is 23.1. The number of anilines is 2. The van der Waals surface area contributed by atoms with E-state index in [1.807, 2.05) is 6.92 Å². The average Bonchev–Trinajstić information content (AvgIpc) is 2.67. The van der Waals surface area contributed by atoms with Gasteiger partial charge in [-0.3, -0.25) is 4.72 Å². The summed E-state index contributed by atoms with van der Waals surface area (Å²) in [6.07, 6.45) is 0.795. The van der Waals surface area contributed by atoms with Gasteiger partial charge in [0.15, 0.2) is 0 Å². The van der Waals surface area contributed by atoms with Crippen LogP contribution in [0, 0.1) is 5.82 Å². The highest BCUT2D eigenvalue weighted by molar-refractivity contribution is 7.92. The molecule has 0 unspecified atom stereocenters. The first-order chi connectivity index (χ1) is 13.7. The van der Waals surface area contributed by atoms with E-state index >= 15 is 0 Å². The predicted molar refractivity (Wildman–Crippen MR) is 113 cm³/mol. The Kier molecular flexibility index (Phi) is 7.61. The highest BCUT2D eigenvalue weighted by Crippen LogP contribution is 2.29. The first-order valence-corrected chi connectivity index (χ1v) is 12.2. The summed E-state index contributed by atoms with van der Waals surface area (Å²) < 4.78 is 68.0. The van der Waals surface area contributed by atoms with Gasteiger partial charge in [-0.15, -0.1) is 0 Å². The zero-order chi connectivity index (χ0) is 21.7. The van der Waals surface area contributed by atoms with E-state index in [1.165, 1.54) is 22.5 Å². The molecule has 0 heterocycles. The molecule has 2 aromatic rings. The molecular formula is C19H26FN3O4S2. The van der Waals surface area contributed by atoms with E-state index in [2.05, 4.69) is 10.0 Å². The Labute approximate surface area is 172 Å². The highest BCUT2D eigenvalue weighted by atomic mass is 32.2. The number of halogens is 1. The van der Waals surface area contributed by atoms with Gasteiger partial charge in [0.1, 0.15) is 5.82 Å². The third-order valence-corrected chi connectivity index (χ3v) is 7.70. The maximum atomic E-state index is 13.1. The average molecular weight is 444 g/mol. The van der Waals surface area contributed by atoms with Crippen LogP contribution in [0.25, 0.3) is 0 Å². The first-order valence-electron chi connectivity index (χ1n) is 9.32. The second-order valence-corrected chi connectivity index (χ2v) is 9.90. The molecule has 0 saturated heterocycles. The Morgan fingerprint density at radius 3 is 2.00 bits per heavy atom. The third-order valence-electron chi connectivity index (χ3n) is 4.27. The second kappa shape index (κ2) is 9.55. The van der Waals surface area contributed by atoms with Crippen molar-refractivity contribution in [1.82, 2.24) is 4.31 Å². The van der Waals surface area contributed by atoms with Crippen LogP contribution in [0.2, 0.25) is 0 Å². The van der Waals surface area contributed by atoms with Gasteiger partial charge in [0.2, 0.25) is 10.0 Å². The summed E-state index contributed by atoms with van der Waals surface area (Å²) in [6.45, 7) is 6.59. The number of rotatable bonds is 10. The third kappa shape index (κ3) is 5.46. The summed E-state index contributed by atoms with van der Waals surface area (Å²) in [6, 6.07) is 8.67. The van der Waals surface area contributed by atoms with E-state index in [-0.39, 0.29) is 15.5 Å². The van der Waals surface area contributed by atoms with Gasteiger partial charge in [0.05, 0.1) is 21.2 Å². The summed E-state index contributed by atoms with van der Waals surface area (Å²) in [5.41, 5.74) is 0.562. The topological polar surface area (TPSA) is 95.6 Å². The van der Waals surface area contributed by atoms with Crippen LogP contribution in [0.15, 0.2) is 52.3 Å². The van der Waals surface area contributed by atoms with Crippen LogP contribution in [0.5, 0.6) is 0 Å². The van der Waals surface area contributed by atoms with Crippen molar-refractivity contribution in [1.29, 1.82) is 0 Å². The van der Waals surface area contributed by atoms with Crippen LogP contribution in [-0.4, -0.2) is 40.8 Å². The molecular weight excluding hydrogens is 417 g/mol. The fraction of sp³-hybridized carbons (Fsp3) is 0.368. The molecule has 2 rings (SSSR count). The van der Waals surface area contributed by atoms with Gasteiger partial charge in [-0.05, 0) is 48.9 Å². The fourth-order valence-electron chi connectivity index (χ4n) is 2.71. The number of hydrogen-bond acceptors (Lipinski definition) is 5. The van der Waals surface area contributed by atoms with Crippen molar-refractivity contribution >= 4 is 31.4 Å². The van der Waals surface area contributed by atoms with Gasteiger partial charge in [0, 0.05) is 19.6 Å². The van der Waals surface area contributed by atoms with Crippen molar-refractivity contribution in [2.75, 3.05) is 29.7 Å². The second-order valence-electron chi connectivity index (χ2n) is 6.28. The minimum absolute atomic E-state index is 0.0138. The van der Waals surface area contributed by atoms with Crippen molar-refractivity contribution in [3.8, 4) is 0 Å². The van der Waals surface area contributed by atoms with Gasteiger partial charge in [-0.2, -0.15) is 4.31 Å². The molecule has 0 aromatic heterocycles. The quantitative estimate of drug-likeness (QED) is 0.586. The number of nitrogens with zero attached hydrogens (tertiary/aromatic N) is 1. The minimum atomic E-state index is -4.04. The smallest absolute Gasteiger partial charge is 0.261 e. The Balaban J connectivity index is 2.50. The van der Waals surface area contributed by atoms with Crippen LogP contribution in [0.1, 0.15) is 27.2 Å². The zero-order valence-corrected chi connectivity index (χ0v) is 18.3. The van der Waals surface area contributed by atoms with E-state index < -0.39 is 25.9 Å². The molecule has 7 nitrogen and oxygen atoms in total. The Hall–Kier alpha value is -2.17. The van der Waals surface area contributed by atoms with E-state index in [1.54, 1.807) is 13.8 Å². The van der Waals surface area contributed by atoms with Crippen molar-refractivity contribution < 1.29 is 21.2 Å². The van der Waals surface area contributed by atoms with Gasteiger partial charge in [0.25, 0.3) is 10.0 Å². The van der Waals surface area contributed by atoms with Crippen molar-refractivity contribution in [2.24, 2.45) is 0 Å². The largest absolute Gasteiger partial charge is 0.383 e. The number of benzene rings is 2. The molecule has 0 spiro atoms. The zero-order valence-electron chi connectivity index (χ0n) is 16.6. The predicted octanol–water partition coefficient (Wildman–Crippen LogP) is 3.48. The molecule has 0 aliphatic carbocycles. The van der Waals surface area contributed by atoms with E-state index in [9.17, 15) is 21.2 Å². The number of hydrogen-bond donors (Lipinski definition) is 2. The van der Waals surface area contributed by atoms with Crippen molar-refractivity contribution in [3.63, 3.8) is 0 Å². The molecule has 0 atom stereocenters. The number of sulfonamides is 2. The summed E-state index contributed by atoms with van der Waals surface area (Å²) in [4.78, 5) is -0.141. The number of nitrogens with one attached hydrogen (secondary N) is 2. The standard InChI is InChI=1S/C19H26FN3O4S2/c1-4-13-21-18-12-11-17(29(26,27)23(5-2)6-3)14-19(18)22-28(24,25)16-9-7-15(20)8-10-16/h7-12,14,21-22H,4-6,13H2,1-3H3. The monoisotopic (exact) mass is 443 g/mol. The molecule has 2 aromatic carbocycles. The Morgan fingerprint density at radius 1 is 0.862 bits per heavy atom. The molecule has 0 bridgehead atoms. The molecule has 0 saturated carbocycles. The molecule has 29 heavy (non-hydrogen) atoms. The highest BCUT2D eigenvalue weighted by Gasteiger charge is 2.24. The van der Waals surface area contributed by atoms with Gasteiger partial charge in [-0.25, -0.2) is 21.2 Å². The van der Waals surface area contributed by atoms with Gasteiger partial charge < -0.3 is 5.32 Å². The maximum Gasteiger partial charge on any atom is 0.261 e. The summed E-state index contributed by atoms with van der Waals surface area (Å²) in [5.74, 6) is -0.554. The molecule has 0 aliphatic heterocycles. The molecule has 0 fully saturated rings. The molecule has 0 radical (unpaired) electrons. The SMILES string of the molecule is CCCNc1ccc(S(=O)(=O)N(CC)CC)cc1NS(=O)(=O)c1ccc(F)cc1. The fourth-order valence-corrected chi connectivity index (χ4v) is 5.27. The van der Waals surface area contributed by atoms with Crippen molar-refractivity contribution in [2.45, 2.75) is 37.0 Å². The normalized spacial score (nSPS) is 12.2. The Morgan fingerprint density at radius 2 is 1.45 bits per heavy atom. The lowest BCUT2D eigenvalue weighted by Gasteiger charge is -2.20. The van der Waals surface area contributed by atoms with Gasteiger partial charge in [-0.1, -0.05) is 20.8 Å². The van der Waals surface area contributed by atoms with Crippen LogP contribution in [0.4, 0.5) is 15.8 Å². The van der Waals surface area contributed by atoms with E-state index in [0.29, 0.717) is 25.3 Å². The lowest BCUT2D eigenvalue weighted by molar-refractivity contribution is 0.445. The van der Waals surface area contributed by atoms with Crippen LogP contribution >= 0.6 is 0 Å². The Bertz CT molecular complexity index is 1040. The molecule has 0 aliphatic rings. The van der Waals surface area contributed by atoms with E-state index in [0.717, 1.165) is 30.7 Å².